The summed E-state index contributed by atoms with van der Waals surface area (Å²) in [6.07, 6.45) is -0.696. The van der Waals surface area contributed by atoms with E-state index in [9.17, 15) is 14.7 Å². The van der Waals surface area contributed by atoms with Crippen molar-refractivity contribution in [3.63, 3.8) is 0 Å². The van der Waals surface area contributed by atoms with E-state index in [4.69, 9.17) is 16.3 Å². The lowest BCUT2D eigenvalue weighted by Crippen LogP contribution is -2.43. The molecular formula is C15H19ClNO4-. The van der Waals surface area contributed by atoms with Gasteiger partial charge in [-0.3, -0.25) is 0 Å². The minimum absolute atomic E-state index is 0.285. The van der Waals surface area contributed by atoms with E-state index in [1.807, 2.05) is 0 Å². The maximum absolute atomic E-state index is 11.7. The summed E-state index contributed by atoms with van der Waals surface area (Å²) in [6.45, 7) is 5.19. The van der Waals surface area contributed by atoms with E-state index in [0.29, 0.717) is 5.02 Å². The summed E-state index contributed by atoms with van der Waals surface area (Å²) in [7, 11) is 0. The van der Waals surface area contributed by atoms with Crippen LogP contribution in [-0.4, -0.2) is 23.7 Å². The van der Waals surface area contributed by atoms with Crippen molar-refractivity contribution in [1.82, 2.24) is 5.32 Å². The molecule has 1 atom stereocenters. The molecule has 0 saturated heterocycles. The fourth-order valence-corrected chi connectivity index (χ4v) is 1.99. The summed E-state index contributed by atoms with van der Waals surface area (Å²) >= 11 is 6.04. The first-order valence-corrected chi connectivity index (χ1v) is 6.98. The number of carbonyl (C=O) groups excluding carboxylic acids is 2. The van der Waals surface area contributed by atoms with Crippen molar-refractivity contribution in [2.45, 2.75) is 45.3 Å². The number of alkyl carbamates (subject to hydrolysis) is 1. The smallest absolute Gasteiger partial charge is 0.407 e. The highest BCUT2D eigenvalue weighted by atomic mass is 35.5. The van der Waals surface area contributed by atoms with E-state index in [1.165, 1.54) is 0 Å². The van der Waals surface area contributed by atoms with Gasteiger partial charge in [0, 0.05) is 23.5 Å². The topological polar surface area (TPSA) is 78.5 Å². The first-order valence-electron chi connectivity index (χ1n) is 6.60. The van der Waals surface area contributed by atoms with Crippen LogP contribution in [0.4, 0.5) is 4.79 Å². The van der Waals surface area contributed by atoms with Crippen LogP contribution in [0.2, 0.25) is 5.02 Å². The highest BCUT2D eigenvalue weighted by Gasteiger charge is 2.20. The molecule has 0 aromatic heterocycles. The van der Waals surface area contributed by atoms with Crippen LogP contribution in [0, 0.1) is 0 Å². The van der Waals surface area contributed by atoms with Crippen molar-refractivity contribution < 1.29 is 19.4 Å². The molecule has 0 spiro atoms. The number of benzene rings is 1. The molecular weight excluding hydrogens is 294 g/mol. The standard InChI is InChI=1S/C15H20ClNO4/c1-15(2,3)21-14(20)17-11(9-13(18)19)8-10-6-4-5-7-12(10)16/h4-7,11H,8-9H2,1-3H3,(H,17,20)(H,18,19)/p-1/t11-/m0/s1. The van der Waals surface area contributed by atoms with Gasteiger partial charge in [-0.05, 0) is 38.8 Å². The van der Waals surface area contributed by atoms with Crippen LogP contribution in [0.3, 0.4) is 0 Å². The van der Waals surface area contributed by atoms with Crippen molar-refractivity contribution in [1.29, 1.82) is 0 Å². The lowest BCUT2D eigenvalue weighted by molar-refractivity contribution is -0.306. The summed E-state index contributed by atoms with van der Waals surface area (Å²) < 4.78 is 5.12. The second-order valence-electron chi connectivity index (χ2n) is 5.71. The molecule has 0 radical (unpaired) electrons. The SMILES string of the molecule is CC(C)(C)OC(=O)N[C@H](CC(=O)[O-])Cc1ccccc1Cl. The zero-order valence-corrected chi connectivity index (χ0v) is 13.1. The average Bonchev–Trinajstić information content (AvgIpc) is 2.28. The Morgan fingerprint density at radius 2 is 1.95 bits per heavy atom. The van der Waals surface area contributed by atoms with E-state index in [0.717, 1.165) is 5.56 Å². The van der Waals surface area contributed by atoms with Gasteiger partial charge in [0.15, 0.2) is 0 Å². The highest BCUT2D eigenvalue weighted by Crippen LogP contribution is 2.18. The quantitative estimate of drug-likeness (QED) is 0.901. The third kappa shape index (κ3) is 6.99. The summed E-state index contributed by atoms with van der Waals surface area (Å²) in [4.78, 5) is 22.6. The second kappa shape index (κ2) is 7.31. The fourth-order valence-electron chi connectivity index (χ4n) is 1.78. The molecule has 5 nitrogen and oxygen atoms in total. The Hall–Kier alpha value is -1.75. The first-order chi connectivity index (χ1) is 9.67. The van der Waals surface area contributed by atoms with Gasteiger partial charge in [-0.25, -0.2) is 4.79 Å². The molecule has 1 rings (SSSR count). The molecule has 1 aromatic carbocycles. The lowest BCUT2D eigenvalue weighted by Gasteiger charge is -2.24. The van der Waals surface area contributed by atoms with Crippen molar-refractivity contribution >= 4 is 23.7 Å². The van der Waals surface area contributed by atoms with Crippen LogP contribution >= 0.6 is 11.6 Å². The lowest BCUT2D eigenvalue weighted by atomic mass is 10.0. The molecule has 0 aliphatic rings. The summed E-state index contributed by atoms with van der Waals surface area (Å²) in [6, 6.07) is 6.41. The second-order valence-corrected chi connectivity index (χ2v) is 6.12. The molecule has 0 saturated carbocycles. The Kier molecular flexibility index (Phi) is 6.03. The largest absolute Gasteiger partial charge is 0.550 e. The van der Waals surface area contributed by atoms with Gasteiger partial charge >= 0.3 is 6.09 Å². The predicted octanol–water partition coefficient (Wildman–Crippen LogP) is 1.92. The average molecular weight is 313 g/mol. The van der Waals surface area contributed by atoms with Crippen molar-refractivity contribution in [3.8, 4) is 0 Å². The Labute approximate surface area is 129 Å². The molecule has 0 aliphatic heterocycles. The molecule has 116 valence electrons. The number of rotatable bonds is 5. The number of halogens is 1. The Morgan fingerprint density at radius 1 is 1.33 bits per heavy atom. The monoisotopic (exact) mass is 312 g/mol. The number of carboxylic acid groups (broad SMARTS) is 1. The molecule has 21 heavy (non-hydrogen) atoms. The van der Waals surface area contributed by atoms with Crippen LogP contribution in [0.5, 0.6) is 0 Å². The number of carbonyl (C=O) groups is 2. The minimum atomic E-state index is -1.25. The maximum Gasteiger partial charge on any atom is 0.407 e. The third-order valence-corrected chi connectivity index (χ3v) is 2.93. The molecule has 0 heterocycles. The van der Waals surface area contributed by atoms with Gasteiger partial charge in [0.25, 0.3) is 0 Å². The van der Waals surface area contributed by atoms with Crippen LogP contribution in [0.15, 0.2) is 24.3 Å². The Balaban J connectivity index is 2.75. The van der Waals surface area contributed by atoms with E-state index < -0.39 is 23.7 Å². The number of amides is 1. The van der Waals surface area contributed by atoms with Crippen molar-refractivity contribution in [3.05, 3.63) is 34.9 Å². The van der Waals surface area contributed by atoms with Gasteiger partial charge < -0.3 is 20.0 Å². The fraction of sp³-hybridized carbons (Fsp3) is 0.467. The van der Waals surface area contributed by atoms with E-state index >= 15 is 0 Å². The molecule has 0 aliphatic carbocycles. The molecule has 0 fully saturated rings. The molecule has 6 heteroatoms. The summed E-state index contributed by atoms with van der Waals surface area (Å²) in [5, 5.41) is 13.9. The molecule has 1 amide bonds. The van der Waals surface area contributed by atoms with Crippen LogP contribution in [0.1, 0.15) is 32.8 Å². The highest BCUT2D eigenvalue weighted by molar-refractivity contribution is 6.31. The van der Waals surface area contributed by atoms with Crippen molar-refractivity contribution in [2.75, 3.05) is 0 Å². The van der Waals surface area contributed by atoms with Gasteiger partial charge in [0.2, 0.25) is 0 Å². The molecule has 1 aromatic rings. The zero-order chi connectivity index (χ0) is 16.0. The van der Waals surface area contributed by atoms with Crippen molar-refractivity contribution in [2.24, 2.45) is 0 Å². The number of carboxylic acids is 1. The van der Waals surface area contributed by atoms with Gasteiger partial charge in [0.05, 0.1) is 0 Å². The molecule has 0 bridgehead atoms. The Morgan fingerprint density at radius 3 is 2.48 bits per heavy atom. The number of ether oxygens (including phenoxy) is 1. The minimum Gasteiger partial charge on any atom is -0.550 e. The van der Waals surface area contributed by atoms with E-state index in [-0.39, 0.29) is 12.8 Å². The number of nitrogens with one attached hydrogen (secondary N) is 1. The van der Waals surface area contributed by atoms with Gasteiger partial charge in [0.1, 0.15) is 5.60 Å². The van der Waals surface area contributed by atoms with Gasteiger partial charge in [-0.15, -0.1) is 0 Å². The summed E-state index contributed by atoms with van der Waals surface area (Å²) in [5.41, 5.74) is 0.0991. The third-order valence-electron chi connectivity index (χ3n) is 2.56. The van der Waals surface area contributed by atoms with Crippen LogP contribution in [-0.2, 0) is 16.0 Å². The van der Waals surface area contributed by atoms with Gasteiger partial charge in [-0.2, -0.15) is 0 Å². The van der Waals surface area contributed by atoms with E-state index in [2.05, 4.69) is 5.32 Å². The number of aliphatic carboxylic acids is 1. The number of hydrogen-bond donors (Lipinski definition) is 1. The van der Waals surface area contributed by atoms with Crippen LogP contribution in [0.25, 0.3) is 0 Å². The van der Waals surface area contributed by atoms with Crippen LogP contribution < -0.4 is 10.4 Å². The zero-order valence-electron chi connectivity index (χ0n) is 12.3. The van der Waals surface area contributed by atoms with E-state index in [1.54, 1.807) is 45.0 Å². The molecule has 1 N–H and O–H groups in total. The normalized spacial score (nSPS) is 12.6. The van der Waals surface area contributed by atoms with Gasteiger partial charge in [-0.1, -0.05) is 29.8 Å². The maximum atomic E-state index is 11.7. The predicted molar refractivity (Wildman–Crippen MR) is 77.9 cm³/mol. The number of hydrogen-bond acceptors (Lipinski definition) is 4. The summed E-state index contributed by atoms with van der Waals surface area (Å²) in [5.74, 6) is -1.25. The Bertz CT molecular complexity index is 511. The first kappa shape index (κ1) is 17.3. The molecule has 0 unspecified atom stereocenters.